The van der Waals surface area contributed by atoms with Crippen LogP contribution in [0.25, 0.3) is 0 Å². The van der Waals surface area contributed by atoms with Crippen LogP contribution in [0.5, 0.6) is 0 Å². The SMILES string of the molecule is Cc1ccnc(N2CCc3cccc(N)c3C2)c1. The summed E-state index contributed by atoms with van der Waals surface area (Å²) in [5.41, 5.74) is 10.8. The Balaban J connectivity index is 1.93. The number of aryl methyl sites for hydroxylation is 1. The zero-order valence-electron chi connectivity index (χ0n) is 10.6. The van der Waals surface area contributed by atoms with Gasteiger partial charge in [0, 0.05) is 25.0 Å². The van der Waals surface area contributed by atoms with Gasteiger partial charge >= 0.3 is 0 Å². The Morgan fingerprint density at radius 3 is 3.00 bits per heavy atom. The summed E-state index contributed by atoms with van der Waals surface area (Å²) in [5.74, 6) is 1.05. The van der Waals surface area contributed by atoms with Gasteiger partial charge < -0.3 is 10.6 Å². The summed E-state index contributed by atoms with van der Waals surface area (Å²) in [5, 5.41) is 0. The highest BCUT2D eigenvalue weighted by Crippen LogP contribution is 2.27. The van der Waals surface area contributed by atoms with Crippen molar-refractivity contribution in [3.8, 4) is 0 Å². The molecule has 92 valence electrons. The second kappa shape index (κ2) is 4.33. The first-order chi connectivity index (χ1) is 8.74. The number of nitrogens with zero attached hydrogens (tertiary/aromatic N) is 2. The minimum atomic E-state index is 0.860. The Kier molecular flexibility index (Phi) is 2.67. The molecule has 0 unspecified atom stereocenters. The first-order valence-corrected chi connectivity index (χ1v) is 6.28. The van der Waals surface area contributed by atoms with Crippen LogP contribution in [0.3, 0.4) is 0 Å². The lowest BCUT2D eigenvalue weighted by Crippen LogP contribution is -2.31. The minimum absolute atomic E-state index is 0.860. The summed E-state index contributed by atoms with van der Waals surface area (Å²) in [4.78, 5) is 6.75. The predicted octanol–water partition coefficient (Wildman–Crippen LogP) is 2.53. The average molecular weight is 239 g/mol. The fraction of sp³-hybridized carbons (Fsp3) is 0.267. The molecule has 1 aliphatic heterocycles. The fourth-order valence-corrected chi connectivity index (χ4v) is 2.50. The Morgan fingerprint density at radius 1 is 1.28 bits per heavy atom. The molecule has 0 fully saturated rings. The van der Waals surface area contributed by atoms with Crippen molar-refractivity contribution in [1.82, 2.24) is 4.98 Å². The highest BCUT2D eigenvalue weighted by Gasteiger charge is 2.18. The standard InChI is InChI=1S/C15H17N3/c1-11-5-7-17-15(9-11)18-8-6-12-3-2-4-14(16)13(12)10-18/h2-5,7,9H,6,8,10,16H2,1H3. The van der Waals surface area contributed by atoms with Crippen LogP contribution >= 0.6 is 0 Å². The molecule has 3 heteroatoms. The number of anilines is 2. The molecule has 0 aliphatic carbocycles. The van der Waals surface area contributed by atoms with E-state index in [1.54, 1.807) is 0 Å². The number of fused-ring (bicyclic) bond motifs is 1. The third-order valence-corrected chi connectivity index (χ3v) is 3.53. The largest absolute Gasteiger partial charge is 0.398 e. The van der Waals surface area contributed by atoms with Gasteiger partial charge in [0.15, 0.2) is 0 Å². The third kappa shape index (κ3) is 1.92. The molecule has 2 aromatic rings. The van der Waals surface area contributed by atoms with Gasteiger partial charge in [-0.3, -0.25) is 0 Å². The van der Waals surface area contributed by atoms with Gasteiger partial charge in [0.05, 0.1) is 0 Å². The van der Waals surface area contributed by atoms with Crippen molar-refractivity contribution >= 4 is 11.5 Å². The molecule has 1 aromatic carbocycles. The second-order valence-electron chi connectivity index (χ2n) is 4.85. The minimum Gasteiger partial charge on any atom is -0.398 e. The van der Waals surface area contributed by atoms with Gasteiger partial charge in [-0.15, -0.1) is 0 Å². The van der Waals surface area contributed by atoms with Gasteiger partial charge in [-0.05, 0) is 48.2 Å². The second-order valence-corrected chi connectivity index (χ2v) is 4.85. The van der Waals surface area contributed by atoms with E-state index in [9.17, 15) is 0 Å². The van der Waals surface area contributed by atoms with E-state index in [1.165, 1.54) is 16.7 Å². The van der Waals surface area contributed by atoms with Crippen LogP contribution in [0.1, 0.15) is 16.7 Å². The molecule has 0 saturated carbocycles. The van der Waals surface area contributed by atoms with Crippen LogP contribution in [-0.2, 0) is 13.0 Å². The summed E-state index contributed by atoms with van der Waals surface area (Å²) in [7, 11) is 0. The Hall–Kier alpha value is -2.03. The van der Waals surface area contributed by atoms with Gasteiger partial charge in [-0.1, -0.05) is 12.1 Å². The summed E-state index contributed by atoms with van der Waals surface area (Å²) in [6.45, 7) is 3.96. The van der Waals surface area contributed by atoms with E-state index in [1.807, 2.05) is 24.4 Å². The summed E-state index contributed by atoms with van der Waals surface area (Å²) < 4.78 is 0. The summed E-state index contributed by atoms with van der Waals surface area (Å²) in [6, 6.07) is 10.3. The molecule has 3 rings (SSSR count). The van der Waals surface area contributed by atoms with Crippen molar-refractivity contribution in [2.45, 2.75) is 19.9 Å². The number of nitrogen functional groups attached to an aromatic ring is 1. The highest BCUT2D eigenvalue weighted by molar-refractivity contribution is 5.55. The number of benzene rings is 1. The highest BCUT2D eigenvalue weighted by atomic mass is 15.2. The van der Waals surface area contributed by atoms with Crippen molar-refractivity contribution in [3.63, 3.8) is 0 Å². The van der Waals surface area contributed by atoms with Crippen LogP contribution in [0.4, 0.5) is 11.5 Å². The molecule has 1 aromatic heterocycles. The average Bonchev–Trinajstić information content (AvgIpc) is 2.39. The van der Waals surface area contributed by atoms with Crippen LogP contribution in [0.15, 0.2) is 36.5 Å². The Morgan fingerprint density at radius 2 is 2.17 bits per heavy atom. The molecule has 2 N–H and O–H groups in total. The molecule has 0 spiro atoms. The van der Waals surface area contributed by atoms with E-state index >= 15 is 0 Å². The number of nitrogens with two attached hydrogens (primary N) is 1. The summed E-state index contributed by atoms with van der Waals surface area (Å²) in [6.07, 6.45) is 2.91. The molecule has 2 heterocycles. The summed E-state index contributed by atoms with van der Waals surface area (Å²) >= 11 is 0. The van der Waals surface area contributed by atoms with Gasteiger partial charge in [-0.2, -0.15) is 0 Å². The van der Waals surface area contributed by atoms with Gasteiger partial charge in [0.25, 0.3) is 0 Å². The van der Waals surface area contributed by atoms with E-state index in [4.69, 9.17) is 5.73 Å². The van der Waals surface area contributed by atoms with Crippen molar-refractivity contribution in [3.05, 3.63) is 53.2 Å². The topological polar surface area (TPSA) is 42.2 Å². The number of pyridine rings is 1. The van der Waals surface area contributed by atoms with Crippen LogP contribution in [0, 0.1) is 6.92 Å². The van der Waals surface area contributed by atoms with E-state index < -0.39 is 0 Å². The third-order valence-electron chi connectivity index (χ3n) is 3.53. The Bertz CT molecular complexity index is 578. The molecule has 0 atom stereocenters. The molecule has 0 bridgehead atoms. The van der Waals surface area contributed by atoms with Crippen molar-refractivity contribution in [1.29, 1.82) is 0 Å². The molecule has 18 heavy (non-hydrogen) atoms. The first-order valence-electron chi connectivity index (χ1n) is 6.28. The van der Waals surface area contributed by atoms with E-state index in [0.29, 0.717) is 0 Å². The van der Waals surface area contributed by atoms with Crippen molar-refractivity contribution in [2.75, 3.05) is 17.2 Å². The molecule has 0 saturated heterocycles. The van der Waals surface area contributed by atoms with Crippen LogP contribution in [0.2, 0.25) is 0 Å². The lowest BCUT2D eigenvalue weighted by atomic mass is 9.98. The van der Waals surface area contributed by atoms with Gasteiger partial charge in [0.1, 0.15) is 5.82 Å². The maximum absolute atomic E-state index is 6.06. The maximum atomic E-state index is 6.06. The predicted molar refractivity (Wildman–Crippen MR) is 74.6 cm³/mol. The molecular formula is C15H17N3. The monoisotopic (exact) mass is 239 g/mol. The lowest BCUT2D eigenvalue weighted by Gasteiger charge is -2.30. The fourth-order valence-electron chi connectivity index (χ4n) is 2.50. The van der Waals surface area contributed by atoms with Crippen molar-refractivity contribution < 1.29 is 0 Å². The normalized spacial score (nSPS) is 14.4. The van der Waals surface area contributed by atoms with E-state index in [-0.39, 0.29) is 0 Å². The van der Waals surface area contributed by atoms with Crippen molar-refractivity contribution in [2.24, 2.45) is 0 Å². The van der Waals surface area contributed by atoms with E-state index in [0.717, 1.165) is 31.0 Å². The quantitative estimate of drug-likeness (QED) is 0.778. The molecule has 0 radical (unpaired) electrons. The number of hydrogen-bond donors (Lipinski definition) is 1. The number of hydrogen-bond acceptors (Lipinski definition) is 3. The Labute approximate surface area is 107 Å². The smallest absolute Gasteiger partial charge is 0.129 e. The molecule has 3 nitrogen and oxygen atoms in total. The number of aromatic nitrogens is 1. The van der Waals surface area contributed by atoms with Crippen LogP contribution < -0.4 is 10.6 Å². The zero-order valence-corrected chi connectivity index (χ0v) is 10.6. The molecule has 1 aliphatic rings. The molecular weight excluding hydrogens is 222 g/mol. The van der Waals surface area contributed by atoms with Gasteiger partial charge in [-0.25, -0.2) is 4.98 Å². The first kappa shape index (κ1) is 11.1. The van der Waals surface area contributed by atoms with E-state index in [2.05, 4.69) is 28.9 Å². The van der Waals surface area contributed by atoms with Crippen LogP contribution in [-0.4, -0.2) is 11.5 Å². The number of rotatable bonds is 1. The lowest BCUT2D eigenvalue weighted by molar-refractivity contribution is 0.722. The zero-order chi connectivity index (χ0) is 12.5. The van der Waals surface area contributed by atoms with Gasteiger partial charge in [0.2, 0.25) is 0 Å². The molecule has 0 amide bonds. The maximum Gasteiger partial charge on any atom is 0.129 e.